The van der Waals surface area contributed by atoms with Crippen LogP contribution < -0.4 is 0 Å². The summed E-state index contributed by atoms with van der Waals surface area (Å²) in [6.45, 7) is 8.21. The van der Waals surface area contributed by atoms with Crippen molar-refractivity contribution in [3.63, 3.8) is 0 Å². The van der Waals surface area contributed by atoms with Crippen LogP contribution in [0.5, 0.6) is 0 Å². The summed E-state index contributed by atoms with van der Waals surface area (Å²) in [5.41, 5.74) is 0.812. The zero-order valence-electron chi connectivity index (χ0n) is 10.1. The number of rotatable bonds is 4. The number of ketones is 1. The van der Waals surface area contributed by atoms with Crippen LogP contribution in [0.1, 0.15) is 38.1 Å². The summed E-state index contributed by atoms with van der Waals surface area (Å²) in [5, 5.41) is 0.513. The molecule has 0 saturated heterocycles. The van der Waals surface area contributed by atoms with E-state index in [0.29, 0.717) is 11.2 Å². The van der Waals surface area contributed by atoms with Crippen LogP contribution in [0.15, 0.2) is 27.6 Å². The van der Waals surface area contributed by atoms with Crippen LogP contribution in [0, 0.1) is 5.92 Å². The van der Waals surface area contributed by atoms with Gasteiger partial charge in [-0.1, -0.05) is 36.7 Å². The molecule has 0 aliphatic rings. The minimum absolute atomic E-state index is 0.125. The summed E-state index contributed by atoms with van der Waals surface area (Å²) in [7, 11) is 0. The van der Waals surface area contributed by atoms with Crippen LogP contribution in [0.25, 0.3) is 0 Å². The lowest BCUT2D eigenvalue weighted by Gasteiger charge is -2.16. The van der Waals surface area contributed by atoms with E-state index >= 15 is 0 Å². The number of hydrogen-bond acceptors (Lipinski definition) is 2. The third kappa shape index (κ3) is 3.63. The molecule has 0 aromatic heterocycles. The molecular weight excluding hydrogens is 284 g/mol. The Hall–Kier alpha value is -0.280. The van der Waals surface area contributed by atoms with Gasteiger partial charge >= 0.3 is 0 Å². The molecule has 0 aliphatic heterocycles. The second-order valence-electron chi connectivity index (χ2n) is 4.26. The molecule has 1 atom stereocenters. The number of Topliss-reactive ketones (excluding diaryl/α,β-unsaturated/α-hetero) is 1. The number of carbonyl (C=O) groups is 1. The Morgan fingerprint density at radius 3 is 2.44 bits per heavy atom. The van der Waals surface area contributed by atoms with Gasteiger partial charge in [-0.15, -0.1) is 11.8 Å². The van der Waals surface area contributed by atoms with Crippen LogP contribution in [0.2, 0.25) is 0 Å². The summed E-state index contributed by atoms with van der Waals surface area (Å²) in [4.78, 5) is 12.6. The predicted octanol–water partition coefficient (Wildman–Crippen LogP) is 4.79. The normalized spacial score (nSPS) is 12.9. The maximum absolute atomic E-state index is 11.5. The van der Waals surface area contributed by atoms with E-state index < -0.39 is 0 Å². The largest absolute Gasteiger partial charge is 0.294 e. The molecule has 0 N–H and O–H groups in total. The number of thioether (sulfide) groups is 1. The van der Waals surface area contributed by atoms with Crippen molar-refractivity contribution < 1.29 is 4.79 Å². The van der Waals surface area contributed by atoms with Gasteiger partial charge in [-0.05, 0) is 31.0 Å². The summed E-state index contributed by atoms with van der Waals surface area (Å²) in [6.07, 6.45) is 0. The van der Waals surface area contributed by atoms with Crippen molar-refractivity contribution in [1.82, 2.24) is 0 Å². The number of carbonyl (C=O) groups excluding carboxylic acids is 1. The van der Waals surface area contributed by atoms with E-state index in [9.17, 15) is 4.79 Å². The molecule has 1 unspecified atom stereocenters. The second kappa shape index (κ2) is 5.87. The molecule has 0 saturated carbocycles. The van der Waals surface area contributed by atoms with Crippen molar-refractivity contribution >= 4 is 33.5 Å². The summed E-state index contributed by atoms with van der Waals surface area (Å²) in [5.74, 6) is 0.730. The first-order valence-corrected chi connectivity index (χ1v) is 7.06. The lowest BCUT2D eigenvalue weighted by atomic mass is 10.1. The zero-order valence-corrected chi connectivity index (χ0v) is 12.5. The van der Waals surface area contributed by atoms with Crippen LogP contribution in [-0.2, 0) is 0 Å². The molecule has 88 valence electrons. The van der Waals surface area contributed by atoms with E-state index in [1.165, 1.54) is 0 Å². The van der Waals surface area contributed by atoms with Gasteiger partial charge in [0.15, 0.2) is 5.78 Å². The van der Waals surface area contributed by atoms with Gasteiger partial charge in [-0.2, -0.15) is 0 Å². The minimum Gasteiger partial charge on any atom is -0.294 e. The number of hydrogen-bond donors (Lipinski definition) is 0. The fraction of sp³-hybridized carbons (Fsp3) is 0.462. The first-order chi connectivity index (χ1) is 7.41. The van der Waals surface area contributed by atoms with E-state index in [0.717, 1.165) is 14.9 Å². The lowest BCUT2D eigenvalue weighted by Crippen LogP contribution is -2.07. The maximum atomic E-state index is 11.5. The highest BCUT2D eigenvalue weighted by molar-refractivity contribution is 9.10. The van der Waals surface area contributed by atoms with E-state index in [2.05, 4.69) is 36.7 Å². The molecule has 1 aromatic rings. The first kappa shape index (κ1) is 13.8. The highest BCUT2D eigenvalue weighted by Crippen LogP contribution is 2.32. The van der Waals surface area contributed by atoms with E-state index in [4.69, 9.17) is 0 Å². The fourth-order valence-corrected chi connectivity index (χ4v) is 2.73. The van der Waals surface area contributed by atoms with Crippen LogP contribution in [-0.4, -0.2) is 11.0 Å². The average molecular weight is 301 g/mol. The van der Waals surface area contributed by atoms with Gasteiger partial charge in [0.05, 0.1) is 0 Å². The van der Waals surface area contributed by atoms with E-state index in [1.807, 2.05) is 18.2 Å². The Labute approximate surface area is 110 Å². The maximum Gasteiger partial charge on any atom is 0.160 e. The Morgan fingerprint density at radius 2 is 1.94 bits per heavy atom. The van der Waals surface area contributed by atoms with Gasteiger partial charge in [0.1, 0.15) is 0 Å². The van der Waals surface area contributed by atoms with E-state index in [-0.39, 0.29) is 5.78 Å². The molecule has 3 heteroatoms. The molecule has 0 heterocycles. The van der Waals surface area contributed by atoms with Gasteiger partial charge in [0.25, 0.3) is 0 Å². The third-order valence-electron chi connectivity index (χ3n) is 2.57. The zero-order chi connectivity index (χ0) is 12.3. The summed E-state index contributed by atoms with van der Waals surface area (Å²) < 4.78 is 0.958. The molecule has 0 radical (unpaired) electrons. The Bertz CT molecular complexity index is 388. The van der Waals surface area contributed by atoms with Gasteiger partial charge in [0, 0.05) is 20.2 Å². The Morgan fingerprint density at radius 1 is 1.31 bits per heavy atom. The second-order valence-corrected chi connectivity index (χ2v) is 6.60. The molecular formula is C13H17BrOS. The smallest absolute Gasteiger partial charge is 0.160 e. The van der Waals surface area contributed by atoms with Crippen molar-refractivity contribution in [2.75, 3.05) is 0 Å². The molecule has 0 amide bonds. The van der Waals surface area contributed by atoms with Crippen LogP contribution in [0.3, 0.4) is 0 Å². The van der Waals surface area contributed by atoms with Gasteiger partial charge in [-0.25, -0.2) is 0 Å². The monoisotopic (exact) mass is 300 g/mol. The third-order valence-corrected chi connectivity index (χ3v) is 4.59. The van der Waals surface area contributed by atoms with Gasteiger partial charge in [-0.3, -0.25) is 4.79 Å². The number of halogens is 1. The molecule has 0 bridgehead atoms. The van der Waals surface area contributed by atoms with Crippen molar-refractivity contribution in [2.24, 2.45) is 5.92 Å². The lowest BCUT2D eigenvalue weighted by molar-refractivity contribution is 0.101. The Balaban J connectivity index is 2.99. The topological polar surface area (TPSA) is 17.1 Å². The van der Waals surface area contributed by atoms with Crippen LogP contribution >= 0.6 is 27.7 Å². The highest BCUT2D eigenvalue weighted by atomic mass is 79.9. The quantitative estimate of drug-likeness (QED) is 0.587. The molecule has 16 heavy (non-hydrogen) atoms. The van der Waals surface area contributed by atoms with E-state index in [1.54, 1.807) is 18.7 Å². The van der Waals surface area contributed by atoms with Crippen molar-refractivity contribution in [1.29, 1.82) is 0 Å². The summed E-state index contributed by atoms with van der Waals surface area (Å²) >= 11 is 5.17. The van der Waals surface area contributed by atoms with Crippen molar-refractivity contribution in [3.8, 4) is 0 Å². The van der Waals surface area contributed by atoms with Crippen molar-refractivity contribution in [2.45, 2.75) is 37.8 Å². The van der Waals surface area contributed by atoms with Gasteiger partial charge < -0.3 is 0 Å². The molecule has 1 rings (SSSR count). The molecule has 0 spiro atoms. The molecule has 0 fully saturated rings. The predicted molar refractivity (Wildman–Crippen MR) is 74.3 cm³/mol. The molecule has 1 aromatic carbocycles. The Kier molecular flexibility index (Phi) is 5.06. The molecule has 0 aliphatic carbocycles. The standard InChI is InChI=1S/C13H17BrOS/c1-8(2)10(4)16-13-6-5-11(14)7-12(13)9(3)15/h5-8,10H,1-4H3. The summed E-state index contributed by atoms with van der Waals surface area (Å²) in [6, 6.07) is 5.91. The SMILES string of the molecule is CC(=O)c1cc(Br)ccc1SC(C)C(C)C. The molecule has 1 nitrogen and oxygen atoms in total. The highest BCUT2D eigenvalue weighted by Gasteiger charge is 2.14. The minimum atomic E-state index is 0.125. The van der Waals surface area contributed by atoms with Crippen molar-refractivity contribution in [3.05, 3.63) is 28.2 Å². The van der Waals surface area contributed by atoms with Crippen LogP contribution in [0.4, 0.5) is 0 Å². The number of benzene rings is 1. The first-order valence-electron chi connectivity index (χ1n) is 5.39. The van der Waals surface area contributed by atoms with Gasteiger partial charge in [0.2, 0.25) is 0 Å². The average Bonchev–Trinajstić information content (AvgIpc) is 2.20. The fourth-order valence-electron chi connectivity index (χ4n) is 1.22.